The highest BCUT2D eigenvalue weighted by atomic mass is 35.5. The Hall–Kier alpha value is -0.770. The third-order valence-corrected chi connectivity index (χ3v) is 4.40. The fourth-order valence-corrected chi connectivity index (χ4v) is 3.08. The molecule has 0 bridgehead atoms. The Labute approximate surface area is 134 Å². The van der Waals surface area contributed by atoms with Gasteiger partial charge in [-0.25, -0.2) is 0 Å². The normalized spacial score (nSPS) is 16.7. The van der Waals surface area contributed by atoms with Crippen LogP contribution in [0.15, 0.2) is 18.2 Å². The van der Waals surface area contributed by atoms with Gasteiger partial charge in [0.15, 0.2) is 0 Å². The van der Waals surface area contributed by atoms with Crippen molar-refractivity contribution in [3.8, 4) is 0 Å². The van der Waals surface area contributed by atoms with E-state index < -0.39 is 0 Å². The highest BCUT2D eigenvalue weighted by molar-refractivity contribution is 6.30. The van der Waals surface area contributed by atoms with Gasteiger partial charge in [-0.3, -0.25) is 4.90 Å². The van der Waals surface area contributed by atoms with Crippen molar-refractivity contribution in [3.05, 3.63) is 28.8 Å². The average molecular weight is 310 g/mol. The molecule has 0 aromatic heterocycles. The highest BCUT2D eigenvalue weighted by Crippen LogP contribution is 2.25. The third-order valence-electron chi connectivity index (χ3n) is 4.17. The largest absolute Gasteiger partial charge is 0.369 e. The quantitative estimate of drug-likeness (QED) is 0.813. The van der Waals surface area contributed by atoms with Crippen LogP contribution in [0.25, 0.3) is 0 Å². The molecule has 0 radical (unpaired) electrons. The maximum Gasteiger partial charge on any atom is 0.0413 e. The van der Waals surface area contributed by atoms with Crippen LogP contribution in [0.1, 0.15) is 32.8 Å². The van der Waals surface area contributed by atoms with E-state index in [1.54, 1.807) is 0 Å². The zero-order valence-corrected chi connectivity index (χ0v) is 14.3. The standard InChI is InChI=1S/C17H28ClN3/c1-4-7-19-13-15-12-16(18)5-6-17(15)21-10-8-20(9-11-21)14(2)3/h5-6,12,14,19H,4,7-11,13H2,1-3H3. The van der Waals surface area contributed by atoms with Crippen molar-refractivity contribution < 1.29 is 0 Å². The predicted octanol–water partition coefficient (Wildman–Crippen LogP) is 3.37. The Kier molecular flexibility index (Phi) is 6.34. The molecule has 2 rings (SSSR count). The van der Waals surface area contributed by atoms with Gasteiger partial charge in [-0.1, -0.05) is 18.5 Å². The maximum absolute atomic E-state index is 6.18. The van der Waals surface area contributed by atoms with Crippen LogP contribution in [0.2, 0.25) is 5.02 Å². The molecular formula is C17H28ClN3. The second-order valence-electron chi connectivity index (χ2n) is 6.07. The number of hydrogen-bond acceptors (Lipinski definition) is 3. The molecule has 1 heterocycles. The van der Waals surface area contributed by atoms with Gasteiger partial charge >= 0.3 is 0 Å². The number of halogens is 1. The van der Waals surface area contributed by atoms with E-state index in [1.165, 1.54) is 11.3 Å². The summed E-state index contributed by atoms with van der Waals surface area (Å²) in [6, 6.07) is 6.93. The lowest BCUT2D eigenvalue weighted by atomic mass is 10.1. The van der Waals surface area contributed by atoms with Crippen LogP contribution in [-0.4, -0.2) is 43.7 Å². The molecule has 0 saturated carbocycles. The molecule has 0 aliphatic carbocycles. The molecule has 1 saturated heterocycles. The van der Waals surface area contributed by atoms with Gasteiger partial charge < -0.3 is 10.2 Å². The van der Waals surface area contributed by atoms with Crippen molar-refractivity contribution in [2.24, 2.45) is 0 Å². The monoisotopic (exact) mass is 309 g/mol. The van der Waals surface area contributed by atoms with Crippen molar-refractivity contribution in [1.82, 2.24) is 10.2 Å². The van der Waals surface area contributed by atoms with Crippen molar-refractivity contribution in [2.75, 3.05) is 37.6 Å². The number of benzene rings is 1. The number of piperazine rings is 1. The van der Waals surface area contributed by atoms with E-state index >= 15 is 0 Å². The van der Waals surface area contributed by atoms with Crippen LogP contribution in [0, 0.1) is 0 Å². The Morgan fingerprint density at radius 2 is 1.90 bits per heavy atom. The van der Waals surface area contributed by atoms with E-state index in [4.69, 9.17) is 11.6 Å². The summed E-state index contributed by atoms with van der Waals surface area (Å²) in [5.41, 5.74) is 2.65. The number of rotatable bonds is 6. The minimum atomic E-state index is 0.642. The molecule has 0 amide bonds. The zero-order chi connectivity index (χ0) is 15.2. The highest BCUT2D eigenvalue weighted by Gasteiger charge is 2.20. The number of nitrogens with zero attached hydrogens (tertiary/aromatic N) is 2. The van der Waals surface area contributed by atoms with Crippen LogP contribution >= 0.6 is 11.6 Å². The van der Waals surface area contributed by atoms with Gasteiger partial charge in [0, 0.05) is 49.5 Å². The van der Waals surface area contributed by atoms with Crippen LogP contribution in [0.4, 0.5) is 5.69 Å². The molecular weight excluding hydrogens is 282 g/mol. The van der Waals surface area contributed by atoms with E-state index in [1.807, 2.05) is 6.07 Å². The fourth-order valence-electron chi connectivity index (χ4n) is 2.88. The molecule has 21 heavy (non-hydrogen) atoms. The van der Waals surface area contributed by atoms with Gasteiger partial charge in [0.2, 0.25) is 0 Å². The number of hydrogen-bond donors (Lipinski definition) is 1. The van der Waals surface area contributed by atoms with Crippen LogP contribution in [-0.2, 0) is 6.54 Å². The lowest BCUT2D eigenvalue weighted by molar-refractivity contribution is 0.209. The van der Waals surface area contributed by atoms with Crippen molar-refractivity contribution in [3.63, 3.8) is 0 Å². The summed E-state index contributed by atoms with van der Waals surface area (Å²) in [6.07, 6.45) is 1.16. The Balaban J connectivity index is 2.05. The first-order valence-electron chi connectivity index (χ1n) is 8.10. The molecule has 1 aromatic rings. The SMILES string of the molecule is CCCNCc1cc(Cl)ccc1N1CCN(C(C)C)CC1. The summed E-state index contributed by atoms with van der Waals surface area (Å²) < 4.78 is 0. The number of nitrogens with one attached hydrogen (secondary N) is 1. The van der Waals surface area contributed by atoms with E-state index in [0.29, 0.717) is 6.04 Å². The molecule has 1 fully saturated rings. The van der Waals surface area contributed by atoms with Gasteiger partial charge in [0.05, 0.1) is 0 Å². The van der Waals surface area contributed by atoms with E-state index in [-0.39, 0.29) is 0 Å². The molecule has 1 aliphatic heterocycles. The number of anilines is 1. The van der Waals surface area contributed by atoms with Gasteiger partial charge in [0.25, 0.3) is 0 Å². The molecule has 3 nitrogen and oxygen atoms in total. The van der Waals surface area contributed by atoms with Crippen LogP contribution in [0.5, 0.6) is 0 Å². The summed E-state index contributed by atoms with van der Waals surface area (Å²) in [6.45, 7) is 13.2. The van der Waals surface area contributed by atoms with Gasteiger partial charge in [-0.2, -0.15) is 0 Å². The summed E-state index contributed by atoms with van der Waals surface area (Å²) in [5, 5.41) is 4.32. The fraction of sp³-hybridized carbons (Fsp3) is 0.647. The van der Waals surface area contributed by atoms with Crippen molar-refractivity contribution in [1.29, 1.82) is 0 Å². The Morgan fingerprint density at radius 1 is 1.19 bits per heavy atom. The minimum absolute atomic E-state index is 0.642. The molecule has 0 atom stereocenters. The molecule has 1 aromatic carbocycles. The molecule has 4 heteroatoms. The second kappa shape index (κ2) is 8.02. The topological polar surface area (TPSA) is 18.5 Å². The molecule has 118 valence electrons. The minimum Gasteiger partial charge on any atom is -0.369 e. The van der Waals surface area contributed by atoms with Crippen LogP contribution < -0.4 is 10.2 Å². The summed E-state index contributed by atoms with van der Waals surface area (Å²) in [4.78, 5) is 5.04. The van der Waals surface area contributed by atoms with E-state index in [9.17, 15) is 0 Å². The molecule has 1 N–H and O–H groups in total. The Bertz CT molecular complexity index is 440. The van der Waals surface area contributed by atoms with E-state index in [0.717, 1.165) is 50.7 Å². The summed E-state index contributed by atoms with van der Waals surface area (Å²) in [7, 11) is 0. The second-order valence-corrected chi connectivity index (χ2v) is 6.50. The average Bonchev–Trinajstić information content (AvgIpc) is 2.48. The zero-order valence-electron chi connectivity index (χ0n) is 13.5. The van der Waals surface area contributed by atoms with Gasteiger partial charge in [-0.15, -0.1) is 0 Å². The van der Waals surface area contributed by atoms with Crippen molar-refractivity contribution in [2.45, 2.75) is 39.8 Å². The first-order valence-corrected chi connectivity index (χ1v) is 8.47. The molecule has 1 aliphatic rings. The summed E-state index contributed by atoms with van der Waals surface area (Å²) >= 11 is 6.18. The van der Waals surface area contributed by atoms with Gasteiger partial charge in [0.1, 0.15) is 0 Å². The van der Waals surface area contributed by atoms with Crippen LogP contribution in [0.3, 0.4) is 0 Å². The molecule has 0 spiro atoms. The van der Waals surface area contributed by atoms with Gasteiger partial charge in [-0.05, 0) is 50.6 Å². The molecule has 0 unspecified atom stereocenters. The maximum atomic E-state index is 6.18. The lowest BCUT2D eigenvalue weighted by Crippen LogP contribution is -2.49. The van der Waals surface area contributed by atoms with E-state index in [2.05, 4.69) is 48.0 Å². The Morgan fingerprint density at radius 3 is 2.52 bits per heavy atom. The first kappa shape index (κ1) is 16.6. The smallest absolute Gasteiger partial charge is 0.0413 e. The third kappa shape index (κ3) is 4.60. The van der Waals surface area contributed by atoms with Crippen molar-refractivity contribution >= 4 is 17.3 Å². The lowest BCUT2D eigenvalue weighted by Gasteiger charge is -2.39. The first-order chi connectivity index (χ1) is 10.1. The summed E-state index contributed by atoms with van der Waals surface area (Å²) in [5.74, 6) is 0. The predicted molar refractivity (Wildman–Crippen MR) is 92.4 cm³/mol.